The third-order valence-corrected chi connectivity index (χ3v) is 3.23. The van der Waals surface area contributed by atoms with Crippen LogP contribution >= 0.6 is 23.1 Å². The zero-order chi connectivity index (χ0) is 9.26. The van der Waals surface area contributed by atoms with Crippen molar-refractivity contribution in [3.05, 3.63) is 29.3 Å². The lowest BCUT2D eigenvalue weighted by Gasteiger charge is -1.96. The Kier molecular flexibility index (Phi) is 2.33. The molecule has 2 rings (SSSR count). The first-order valence-corrected chi connectivity index (χ1v) is 5.84. The first-order chi connectivity index (χ1) is 6.33. The van der Waals surface area contributed by atoms with E-state index in [0.29, 0.717) is 0 Å². The van der Waals surface area contributed by atoms with Gasteiger partial charge < -0.3 is 0 Å². The zero-order valence-electron chi connectivity index (χ0n) is 6.98. The van der Waals surface area contributed by atoms with E-state index in [0.717, 1.165) is 15.8 Å². The number of thioether (sulfide) groups is 1. The van der Waals surface area contributed by atoms with Gasteiger partial charge in [0.2, 0.25) is 5.12 Å². The van der Waals surface area contributed by atoms with Crippen LogP contribution in [0.4, 0.5) is 0 Å². The predicted molar refractivity (Wildman–Crippen MR) is 57.5 cm³/mol. The molecule has 0 aliphatic rings. The molecule has 2 nitrogen and oxygen atoms in total. The van der Waals surface area contributed by atoms with Crippen LogP contribution in [0, 0.1) is 0 Å². The molecule has 0 N–H and O–H groups in total. The first-order valence-electron chi connectivity index (χ1n) is 3.73. The van der Waals surface area contributed by atoms with Crippen LogP contribution < -0.4 is 0 Å². The molecule has 0 bridgehead atoms. The molecule has 1 aromatic heterocycles. The van der Waals surface area contributed by atoms with Crippen LogP contribution in [0.15, 0.2) is 23.7 Å². The van der Waals surface area contributed by atoms with Crippen molar-refractivity contribution < 1.29 is 4.79 Å². The fourth-order valence-electron chi connectivity index (χ4n) is 1.16. The van der Waals surface area contributed by atoms with E-state index >= 15 is 0 Å². The fraction of sp³-hybridized carbons (Fsp3) is 0.111. The summed E-state index contributed by atoms with van der Waals surface area (Å²) in [5.74, 6) is 0. The Balaban J connectivity index is 2.67. The minimum Gasteiger partial charge on any atom is -0.282 e. The number of carbonyl (C=O) groups excluding carboxylic acids is 1. The summed E-state index contributed by atoms with van der Waals surface area (Å²) in [5, 5.41) is 0.106. The second-order valence-corrected chi connectivity index (χ2v) is 4.13. The molecule has 0 unspecified atom stereocenters. The van der Waals surface area contributed by atoms with E-state index in [1.807, 2.05) is 18.2 Å². The second kappa shape index (κ2) is 3.47. The summed E-state index contributed by atoms with van der Waals surface area (Å²) in [6.45, 7) is 0. The SMILES string of the molecule is CSC(=O)c1cccc2ncsc12. The van der Waals surface area contributed by atoms with Crippen molar-refractivity contribution in [1.29, 1.82) is 0 Å². The average molecular weight is 209 g/mol. The molecule has 0 saturated carbocycles. The summed E-state index contributed by atoms with van der Waals surface area (Å²) in [7, 11) is 0. The maximum Gasteiger partial charge on any atom is 0.220 e. The van der Waals surface area contributed by atoms with E-state index in [2.05, 4.69) is 4.98 Å². The Morgan fingerprint density at radius 3 is 3.15 bits per heavy atom. The van der Waals surface area contributed by atoms with Gasteiger partial charge in [-0.3, -0.25) is 4.79 Å². The summed E-state index contributed by atoms with van der Waals surface area (Å²) >= 11 is 2.75. The second-order valence-electron chi connectivity index (χ2n) is 2.50. The van der Waals surface area contributed by atoms with Gasteiger partial charge in [0.15, 0.2) is 0 Å². The highest BCUT2D eigenvalue weighted by molar-refractivity contribution is 8.13. The number of hydrogen-bond acceptors (Lipinski definition) is 4. The van der Waals surface area contributed by atoms with Gasteiger partial charge in [0.05, 0.1) is 15.7 Å². The van der Waals surface area contributed by atoms with E-state index in [1.165, 1.54) is 23.1 Å². The molecule has 0 radical (unpaired) electrons. The molecule has 1 heterocycles. The molecule has 4 heteroatoms. The summed E-state index contributed by atoms with van der Waals surface area (Å²) in [6.07, 6.45) is 1.79. The maximum atomic E-state index is 11.5. The van der Waals surface area contributed by atoms with Gasteiger partial charge in [-0.25, -0.2) is 4.98 Å². The number of carbonyl (C=O) groups is 1. The van der Waals surface area contributed by atoms with Crippen LogP contribution in [-0.2, 0) is 0 Å². The molecule has 66 valence electrons. The molecule has 1 aromatic carbocycles. The molecule has 0 aliphatic carbocycles. The molecule has 0 amide bonds. The quantitative estimate of drug-likeness (QED) is 0.723. The van der Waals surface area contributed by atoms with Crippen LogP contribution in [0.25, 0.3) is 10.2 Å². The summed E-state index contributed by atoms with van der Waals surface area (Å²) in [5.41, 5.74) is 3.44. The summed E-state index contributed by atoms with van der Waals surface area (Å²) in [4.78, 5) is 15.6. The Hall–Kier alpha value is -0.870. The van der Waals surface area contributed by atoms with E-state index in [1.54, 1.807) is 11.8 Å². The minimum absolute atomic E-state index is 0.106. The summed E-state index contributed by atoms with van der Waals surface area (Å²) in [6, 6.07) is 5.63. The first kappa shape index (κ1) is 8.72. The predicted octanol–water partition coefficient (Wildman–Crippen LogP) is 2.80. The van der Waals surface area contributed by atoms with E-state index in [9.17, 15) is 4.79 Å². The lowest BCUT2D eigenvalue weighted by atomic mass is 10.2. The fourth-order valence-corrected chi connectivity index (χ4v) is 2.41. The van der Waals surface area contributed by atoms with Gasteiger partial charge in [-0.2, -0.15) is 0 Å². The van der Waals surface area contributed by atoms with Crippen molar-refractivity contribution in [2.45, 2.75) is 0 Å². The average Bonchev–Trinajstić information content (AvgIpc) is 2.63. The lowest BCUT2D eigenvalue weighted by molar-refractivity contribution is 0.109. The standard InChI is InChI=1S/C9H7NOS2/c1-12-9(11)6-3-2-4-7-8(6)13-5-10-7/h2-5H,1H3. The normalized spacial score (nSPS) is 10.5. The van der Waals surface area contributed by atoms with Crippen LogP contribution in [0.3, 0.4) is 0 Å². The molecule has 0 fully saturated rings. The molecule has 0 aliphatic heterocycles. The Morgan fingerprint density at radius 2 is 2.38 bits per heavy atom. The lowest BCUT2D eigenvalue weighted by Crippen LogP contribution is -1.91. The van der Waals surface area contributed by atoms with Gasteiger partial charge in [-0.1, -0.05) is 17.8 Å². The van der Waals surface area contributed by atoms with Crippen LogP contribution in [-0.4, -0.2) is 16.4 Å². The molecule has 0 spiro atoms. The number of hydrogen-bond donors (Lipinski definition) is 0. The number of benzene rings is 1. The smallest absolute Gasteiger partial charge is 0.220 e. The molecular formula is C9H7NOS2. The number of rotatable bonds is 1. The maximum absolute atomic E-state index is 11.5. The van der Waals surface area contributed by atoms with Crippen molar-refractivity contribution in [1.82, 2.24) is 4.98 Å². The van der Waals surface area contributed by atoms with Gasteiger partial charge in [0.25, 0.3) is 0 Å². The Morgan fingerprint density at radius 1 is 1.54 bits per heavy atom. The molecule has 13 heavy (non-hydrogen) atoms. The molecule has 0 saturated heterocycles. The van der Waals surface area contributed by atoms with E-state index < -0.39 is 0 Å². The number of fused-ring (bicyclic) bond motifs is 1. The third-order valence-electron chi connectivity index (χ3n) is 1.76. The Labute approximate surface area is 84.0 Å². The number of aromatic nitrogens is 1. The largest absolute Gasteiger partial charge is 0.282 e. The van der Waals surface area contributed by atoms with Crippen molar-refractivity contribution >= 4 is 38.4 Å². The van der Waals surface area contributed by atoms with Gasteiger partial charge >= 0.3 is 0 Å². The monoisotopic (exact) mass is 209 g/mol. The van der Waals surface area contributed by atoms with Crippen LogP contribution in [0.5, 0.6) is 0 Å². The minimum atomic E-state index is 0.106. The van der Waals surface area contributed by atoms with Crippen LogP contribution in [0.1, 0.15) is 10.4 Å². The Bertz CT molecular complexity index is 450. The highest BCUT2D eigenvalue weighted by Crippen LogP contribution is 2.24. The van der Waals surface area contributed by atoms with Crippen molar-refractivity contribution in [3.8, 4) is 0 Å². The highest BCUT2D eigenvalue weighted by Gasteiger charge is 2.09. The molecular weight excluding hydrogens is 202 g/mol. The third kappa shape index (κ3) is 1.47. The van der Waals surface area contributed by atoms with Crippen LogP contribution in [0.2, 0.25) is 0 Å². The van der Waals surface area contributed by atoms with Crippen molar-refractivity contribution in [2.24, 2.45) is 0 Å². The van der Waals surface area contributed by atoms with Gasteiger partial charge in [-0.15, -0.1) is 11.3 Å². The molecule has 0 atom stereocenters. The van der Waals surface area contributed by atoms with Crippen molar-refractivity contribution in [2.75, 3.05) is 6.26 Å². The number of nitrogens with zero attached hydrogens (tertiary/aromatic N) is 1. The van der Waals surface area contributed by atoms with Gasteiger partial charge in [0.1, 0.15) is 0 Å². The van der Waals surface area contributed by atoms with E-state index in [4.69, 9.17) is 0 Å². The van der Waals surface area contributed by atoms with E-state index in [-0.39, 0.29) is 5.12 Å². The van der Waals surface area contributed by atoms with Gasteiger partial charge in [-0.05, 0) is 18.4 Å². The topological polar surface area (TPSA) is 30.0 Å². The molecule has 2 aromatic rings. The highest BCUT2D eigenvalue weighted by atomic mass is 32.2. The zero-order valence-corrected chi connectivity index (χ0v) is 8.61. The van der Waals surface area contributed by atoms with Gasteiger partial charge in [0, 0.05) is 5.56 Å². The number of thiazole rings is 1. The summed E-state index contributed by atoms with van der Waals surface area (Å²) < 4.78 is 0.988. The van der Waals surface area contributed by atoms with Crippen molar-refractivity contribution in [3.63, 3.8) is 0 Å².